The number of anilines is 1. The maximum Gasteiger partial charge on any atom is 0.227 e. The number of benzene rings is 2. The number of hydrogen-bond acceptors (Lipinski definition) is 4. The minimum absolute atomic E-state index is 0.0113. The lowest BCUT2D eigenvalue weighted by molar-refractivity contribution is -0.129. The first-order valence-corrected chi connectivity index (χ1v) is 10.3. The van der Waals surface area contributed by atoms with E-state index in [-0.39, 0.29) is 23.8 Å². The van der Waals surface area contributed by atoms with Crippen LogP contribution in [0.4, 0.5) is 5.69 Å². The van der Waals surface area contributed by atoms with Gasteiger partial charge in [0.05, 0.1) is 19.1 Å². The second kappa shape index (κ2) is 9.43. The molecule has 0 spiro atoms. The summed E-state index contributed by atoms with van der Waals surface area (Å²) in [6, 6.07) is 20.5. The van der Waals surface area contributed by atoms with Crippen LogP contribution >= 0.6 is 0 Å². The van der Waals surface area contributed by atoms with Crippen LogP contribution in [0, 0.1) is 5.92 Å². The van der Waals surface area contributed by atoms with E-state index in [1.54, 1.807) is 24.4 Å². The number of pyridine rings is 1. The van der Waals surface area contributed by atoms with Gasteiger partial charge in [0.2, 0.25) is 11.8 Å². The zero-order valence-corrected chi connectivity index (χ0v) is 17.4. The first kappa shape index (κ1) is 20.6. The van der Waals surface area contributed by atoms with Gasteiger partial charge in [0.1, 0.15) is 5.75 Å². The molecule has 1 saturated heterocycles. The molecule has 0 radical (unpaired) electrons. The van der Waals surface area contributed by atoms with Gasteiger partial charge < -0.3 is 15.0 Å². The second-order valence-electron chi connectivity index (χ2n) is 7.54. The largest absolute Gasteiger partial charge is 0.497 e. The summed E-state index contributed by atoms with van der Waals surface area (Å²) in [5, 5.41) is 3.05. The van der Waals surface area contributed by atoms with Gasteiger partial charge >= 0.3 is 0 Å². The fourth-order valence-electron chi connectivity index (χ4n) is 4.07. The number of piperidine rings is 1. The molecule has 0 unspecified atom stereocenters. The van der Waals surface area contributed by atoms with Crippen molar-refractivity contribution in [2.75, 3.05) is 12.0 Å². The van der Waals surface area contributed by atoms with Gasteiger partial charge in [-0.25, -0.2) is 0 Å². The molecule has 4 rings (SSSR count). The molecular formula is C25H25N3O3. The normalized spacial score (nSPS) is 18.5. The van der Waals surface area contributed by atoms with Crippen LogP contribution in [0.3, 0.4) is 0 Å². The minimum atomic E-state index is -0.381. The summed E-state index contributed by atoms with van der Waals surface area (Å²) in [7, 11) is 1.61. The SMILES string of the molecule is COc1ccc(N2C(=O)CC[C@H](C(=O)NCc3ccncc3)[C@H]2c2ccccc2)cc1. The molecule has 3 aromatic rings. The van der Waals surface area contributed by atoms with E-state index in [2.05, 4.69) is 10.3 Å². The molecule has 1 fully saturated rings. The van der Waals surface area contributed by atoms with Crippen LogP contribution in [0.1, 0.15) is 30.0 Å². The van der Waals surface area contributed by atoms with Crippen molar-refractivity contribution in [2.45, 2.75) is 25.4 Å². The lowest BCUT2D eigenvalue weighted by atomic mass is 9.83. The topological polar surface area (TPSA) is 71.5 Å². The summed E-state index contributed by atoms with van der Waals surface area (Å²) in [4.78, 5) is 32.1. The van der Waals surface area contributed by atoms with E-state index >= 15 is 0 Å². The number of nitrogens with zero attached hydrogens (tertiary/aromatic N) is 2. The van der Waals surface area contributed by atoms with Gasteiger partial charge in [0.15, 0.2) is 0 Å². The van der Waals surface area contributed by atoms with Crippen LogP contribution in [0.25, 0.3) is 0 Å². The molecule has 6 heteroatoms. The zero-order chi connectivity index (χ0) is 21.6. The van der Waals surface area contributed by atoms with E-state index in [1.807, 2.05) is 66.7 Å². The molecule has 31 heavy (non-hydrogen) atoms. The summed E-state index contributed by atoms with van der Waals surface area (Å²) in [6.07, 6.45) is 4.24. The Labute approximate surface area is 181 Å². The van der Waals surface area contributed by atoms with Crippen molar-refractivity contribution in [1.82, 2.24) is 10.3 Å². The summed E-state index contributed by atoms with van der Waals surface area (Å²) < 4.78 is 5.26. The molecule has 2 aromatic carbocycles. The van der Waals surface area contributed by atoms with Gasteiger partial charge in [-0.15, -0.1) is 0 Å². The number of nitrogens with one attached hydrogen (secondary N) is 1. The highest BCUT2D eigenvalue weighted by Crippen LogP contribution is 2.40. The van der Waals surface area contributed by atoms with Crippen molar-refractivity contribution >= 4 is 17.5 Å². The Balaban J connectivity index is 1.65. The highest BCUT2D eigenvalue weighted by molar-refractivity contribution is 5.97. The molecule has 1 aliphatic heterocycles. The first-order chi connectivity index (χ1) is 15.2. The van der Waals surface area contributed by atoms with Gasteiger partial charge in [-0.05, 0) is 53.9 Å². The van der Waals surface area contributed by atoms with Gasteiger partial charge in [0.25, 0.3) is 0 Å². The van der Waals surface area contributed by atoms with Crippen LogP contribution in [-0.4, -0.2) is 23.9 Å². The van der Waals surface area contributed by atoms with Crippen molar-refractivity contribution < 1.29 is 14.3 Å². The van der Waals surface area contributed by atoms with Crippen molar-refractivity contribution in [3.8, 4) is 5.75 Å². The first-order valence-electron chi connectivity index (χ1n) is 10.3. The molecule has 2 atom stereocenters. The Morgan fingerprint density at radius 1 is 1.06 bits per heavy atom. The predicted octanol–water partition coefficient (Wildman–Crippen LogP) is 3.89. The van der Waals surface area contributed by atoms with Crippen LogP contribution in [0.15, 0.2) is 79.1 Å². The molecule has 158 valence electrons. The lowest BCUT2D eigenvalue weighted by Gasteiger charge is -2.41. The molecule has 2 amide bonds. The molecule has 2 heterocycles. The number of carbonyl (C=O) groups excluding carboxylic acids is 2. The Kier molecular flexibility index (Phi) is 6.26. The fourth-order valence-corrected chi connectivity index (χ4v) is 4.07. The number of methoxy groups -OCH3 is 1. The Bertz CT molecular complexity index is 1020. The third kappa shape index (κ3) is 4.58. The summed E-state index contributed by atoms with van der Waals surface area (Å²) in [5.41, 5.74) is 2.68. The Morgan fingerprint density at radius 2 is 1.77 bits per heavy atom. The molecule has 0 saturated carbocycles. The average molecular weight is 415 g/mol. The van der Waals surface area contributed by atoms with Gasteiger partial charge in [-0.3, -0.25) is 14.6 Å². The molecule has 1 aliphatic rings. The van der Waals surface area contributed by atoms with E-state index in [0.29, 0.717) is 19.4 Å². The van der Waals surface area contributed by atoms with Crippen molar-refractivity contribution in [3.63, 3.8) is 0 Å². The monoisotopic (exact) mass is 415 g/mol. The lowest BCUT2D eigenvalue weighted by Crippen LogP contribution is -2.48. The zero-order valence-electron chi connectivity index (χ0n) is 17.4. The van der Waals surface area contributed by atoms with E-state index in [4.69, 9.17) is 4.74 Å². The number of ether oxygens (including phenoxy) is 1. The Hall–Kier alpha value is -3.67. The maximum absolute atomic E-state index is 13.3. The summed E-state index contributed by atoms with van der Waals surface area (Å²) in [6.45, 7) is 0.426. The third-order valence-corrected chi connectivity index (χ3v) is 5.64. The molecule has 1 aromatic heterocycles. The van der Waals surface area contributed by atoms with Gasteiger partial charge in [-0.2, -0.15) is 0 Å². The third-order valence-electron chi connectivity index (χ3n) is 5.64. The summed E-state index contributed by atoms with van der Waals surface area (Å²) in [5.74, 6) is 0.314. The van der Waals surface area contributed by atoms with Gasteiger partial charge in [-0.1, -0.05) is 30.3 Å². The average Bonchev–Trinajstić information content (AvgIpc) is 2.83. The predicted molar refractivity (Wildman–Crippen MR) is 118 cm³/mol. The Morgan fingerprint density at radius 3 is 2.45 bits per heavy atom. The second-order valence-corrected chi connectivity index (χ2v) is 7.54. The van der Waals surface area contributed by atoms with Crippen LogP contribution < -0.4 is 15.0 Å². The van der Waals surface area contributed by atoms with Crippen LogP contribution in [-0.2, 0) is 16.1 Å². The highest BCUT2D eigenvalue weighted by atomic mass is 16.5. The van der Waals surface area contributed by atoms with Crippen LogP contribution in [0.2, 0.25) is 0 Å². The quantitative estimate of drug-likeness (QED) is 0.663. The molecular weight excluding hydrogens is 390 g/mol. The minimum Gasteiger partial charge on any atom is -0.497 e. The molecule has 0 aliphatic carbocycles. The summed E-state index contributed by atoms with van der Waals surface area (Å²) >= 11 is 0. The number of carbonyl (C=O) groups is 2. The fraction of sp³-hybridized carbons (Fsp3) is 0.240. The van der Waals surface area contributed by atoms with Crippen molar-refractivity contribution in [3.05, 3.63) is 90.3 Å². The number of hydrogen-bond donors (Lipinski definition) is 1. The smallest absolute Gasteiger partial charge is 0.227 e. The molecule has 1 N–H and O–H groups in total. The van der Waals surface area contributed by atoms with E-state index in [1.165, 1.54) is 0 Å². The van der Waals surface area contributed by atoms with E-state index in [0.717, 1.165) is 22.6 Å². The van der Waals surface area contributed by atoms with Crippen LogP contribution in [0.5, 0.6) is 5.75 Å². The number of rotatable bonds is 6. The van der Waals surface area contributed by atoms with Crippen molar-refractivity contribution in [1.29, 1.82) is 0 Å². The standard InChI is InChI=1S/C25H25N3O3/c1-31-21-9-7-20(8-10-21)28-23(29)12-11-22(24(28)19-5-3-2-4-6-19)25(30)27-17-18-13-15-26-16-14-18/h2-10,13-16,22,24H,11-12,17H2,1H3,(H,27,30)/t22-,24+/m0/s1. The number of amides is 2. The van der Waals surface area contributed by atoms with Crippen molar-refractivity contribution in [2.24, 2.45) is 5.92 Å². The van der Waals surface area contributed by atoms with Gasteiger partial charge in [0, 0.05) is 31.0 Å². The maximum atomic E-state index is 13.3. The molecule has 0 bridgehead atoms. The number of aromatic nitrogens is 1. The molecule has 6 nitrogen and oxygen atoms in total. The highest BCUT2D eigenvalue weighted by Gasteiger charge is 2.41. The van der Waals surface area contributed by atoms with E-state index < -0.39 is 0 Å². The van der Waals surface area contributed by atoms with E-state index in [9.17, 15) is 9.59 Å².